The number of carbonyl (C=O) groups is 1. The second-order valence-electron chi connectivity index (χ2n) is 4.64. The van der Waals surface area contributed by atoms with E-state index in [1.165, 1.54) is 10.5 Å². The molecule has 5 nitrogen and oxygen atoms in total. The quantitative estimate of drug-likeness (QED) is 0.849. The van der Waals surface area contributed by atoms with E-state index >= 15 is 0 Å². The highest BCUT2D eigenvalue weighted by molar-refractivity contribution is 5.86. The van der Waals surface area contributed by atoms with E-state index in [0.29, 0.717) is 19.5 Å². The second-order valence-corrected chi connectivity index (χ2v) is 4.64. The van der Waals surface area contributed by atoms with Crippen LogP contribution in [0.3, 0.4) is 0 Å². The van der Waals surface area contributed by atoms with Gasteiger partial charge in [0.1, 0.15) is 6.54 Å². The van der Waals surface area contributed by atoms with Crippen molar-refractivity contribution in [3.8, 4) is 6.07 Å². The van der Waals surface area contributed by atoms with Gasteiger partial charge in [-0.05, 0) is 18.1 Å². The highest BCUT2D eigenvalue weighted by Gasteiger charge is 2.25. The first-order chi connectivity index (χ1) is 9.22. The summed E-state index contributed by atoms with van der Waals surface area (Å²) in [5.74, 6) is 0. The number of rotatable bonds is 1. The monoisotopic (exact) mass is 255 g/mol. The number of carboxylic acid groups (broad SMARTS) is 1. The lowest BCUT2D eigenvalue weighted by Gasteiger charge is -2.25. The van der Waals surface area contributed by atoms with Gasteiger partial charge >= 0.3 is 6.09 Å². The summed E-state index contributed by atoms with van der Waals surface area (Å²) in [4.78, 5) is 12.5. The van der Waals surface area contributed by atoms with Crippen LogP contribution in [0.25, 0.3) is 10.9 Å². The van der Waals surface area contributed by atoms with Gasteiger partial charge in [0.15, 0.2) is 0 Å². The van der Waals surface area contributed by atoms with Crippen molar-refractivity contribution in [3.05, 3.63) is 35.5 Å². The number of amides is 1. The molecule has 0 bridgehead atoms. The van der Waals surface area contributed by atoms with E-state index in [1.807, 2.05) is 28.8 Å². The molecule has 5 heteroatoms. The molecular formula is C14H13N3O2. The van der Waals surface area contributed by atoms with Crippen LogP contribution in [0.1, 0.15) is 11.3 Å². The van der Waals surface area contributed by atoms with Crippen molar-refractivity contribution in [1.82, 2.24) is 9.47 Å². The molecule has 1 aromatic heterocycles. The van der Waals surface area contributed by atoms with Crippen molar-refractivity contribution >= 4 is 17.0 Å². The molecule has 0 saturated carbocycles. The summed E-state index contributed by atoms with van der Waals surface area (Å²) in [6.45, 7) is 1.13. The summed E-state index contributed by atoms with van der Waals surface area (Å²) in [7, 11) is 0. The van der Waals surface area contributed by atoms with Gasteiger partial charge in [-0.3, -0.25) is 0 Å². The topological polar surface area (TPSA) is 69.3 Å². The number of aromatic nitrogens is 1. The summed E-state index contributed by atoms with van der Waals surface area (Å²) in [6, 6.07) is 10.1. The van der Waals surface area contributed by atoms with Crippen molar-refractivity contribution in [1.29, 1.82) is 5.26 Å². The van der Waals surface area contributed by atoms with Crippen molar-refractivity contribution in [2.45, 2.75) is 19.5 Å². The third-order valence-corrected chi connectivity index (χ3v) is 3.67. The Kier molecular flexibility index (Phi) is 2.64. The van der Waals surface area contributed by atoms with Crippen molar-refractivity contribution < 1.29 is 9.90 Å². The molecule has 19 heavy (non-hydrogen) atoms. The largest absolute Gasteiger partial charge is 0.465 e. The highest BCUT2D eigenvalue weighted by Crippen LogP contribution is 2.30. The minimum atomic E-state index is -0.903. The predicted octanol–water partition coefficient (Wildman–Crippen LogP) is 2.20. The van der Waals surface area contributed by atoms with Crippen molar-refractivity contribution in [3.63, 3.8) is 0 Å². The Hall–Kier alpha value is -2.48. The molecule has 3 rings (SSSR count). The molecule has 96 valence electrons. The number of benzene rings is 1. The second kappa shape index (κ2) is 4.32. The van der Waals surface area contributed by atoms with Crippen LogP contribution < -0.4 is 0 Å². The molecule has 0 unspecified atom stereocenters. The zero-order valence-electron chi connectivity index (χ0n) is 10.3. The number of nitriles is 1. The van der Waals surface area contributed by atoms with Crippen molar-refractivity contribution in [2.75, 3.05) is 6.54 Å². The molecule has 1 amide bonds. The van der Waals surface area contributed by atoms with Gasteiger partial charge in [0.2, 0.25) is 0 Å². The maximum atomic E-state index is 11.1. The van der Waals surface area contributed by atoms with E-state index < -0.39 is 6.09 Å². The van der Waals surface area contributed by atoms with Crippen LogP contribution in [0, 0.1) is 11.3 Å². The Balaban J connectivity index is 2.19. The molecule has 1 N–H and O–H groups in total. The molecule has 0 radical (unpaired) electrons. The first-order valence-corrected chi connectivity index (χ1v) is 6.16. The molecular weight excluding hydrogens is 242 g/mol. The fraction of sp³-hybridized carbons (Fsp3) is 0.286. The van der Waals surface area contributed by atoms with Gasteiger partial charge in [-0.25, -0.2) is 4.79 Å². The molecule has 2 heterocycles. The Morgan fingerprint density at radius 1 is 1.42 bits per heavy atom. The Labute approximate surface area is 110 Å². The normalized spacial score (nSPS) is 14.2. The van der Waals surface area contributed by atoms with E-state index in [9.17, 15) is 4.79 Å². The Morgan fingerprint density at radius 2 is 2.21 bits per heavy atom. The van der Waals surface area contributed by atoms with Crippen LogP contribution >= 0.6 is 0 Å². The van der Waals surface area contributed by atoms with E-state index in [2.05, 4.69) is 6.07 Å². The fourth-order valence-corrected chi connectivity index (χ4v) is 2.81. The Bertz CT molecular complexity index is 697. The summed E-state index contributed by atoms with van der Waals surface area (Å²) < 4.78 is 1.93. The van der Waals surface area contributed by atoms with Gasteiger partial charge < -0.3 is 14.6 Å². The van der Waals surface area contributed by atoms with E-state index in [4.69, 9.17) is 10.4 Å². The zero-order chi connectivity index (χ0) is 13.4. The fourth-order valence-electron chi connectivity index (χ4n) is 2.81. The number of nitrogens with zero attached hydrogens (tertiary/aromatic N) is 3. The third-order valence-electron chi connectivity index (χ3n) is 3.67. The van der Waals surface area contributed by atoms with Gasteiger partial charge in [-0.15, -0.1) is 0 Å². The van der Waals surface area contributed by atoms with Gasteiger partial charge in [0.25, 0.3) is 0 Å². The maximum absolute atomic E-state index is 11.1. The molecule has 0 aliphatic carbocycles. The Morgan fingerprint density at radius 3 is 2.95 bits per heavy atom. The summed E-state index contributed by atoms with van der Waals surface area (Å²) in [5, 5.41) is 19.2. The molecule has 1 aliphatic heterocycles. The van der Waals surface area contributed by atoms with E-state index in [1.54, 1.807) is 0 Å². The first kappa shape index (κ1) is 11.6. The lowest BCUT2D eigenvalue weighted by molar-refractivity contribution is 0.138. The van der Waals surface area contributed by atoms with Crippen LogP contribution in [-0.4, -0.2) is 27.2 Å². The standard InChI is InChI=1S/C14H13N3O2/c15-6-8-17-12-4-2-1-3-10(12)11-5-7-16(14(18)19)9-13(11)17/h1-4H,5,7-9H2,(H,18,19). The van der Waals surface area contributed by atoms with Gasteiger partial charge in [0, 0.05) is 23.1 Å². The zero-order valence-corrected chi connectivity index (χ0v) is 10.3. The number of hydrogen-bond acceptors (Lipinski definition) is 2. The number of hydrogen-bond donors (Lipinski definition) is 1. The third kappa shape index (κ3) is 1.73. The molecule has 2 aromatic rings. The maximum Gasteiger partial charge on any atom is 0.407 e. The minimum Gasteiger partial charge on any atom is -0.465 e. The van der Waals surface area contributed by atoms with Crippen LogP contribution in [0.2, 0.25) is 0 Å². The van der Waals surface area contributed by atoms with E-state index in [0.717, 1.165) is 16.6 Å². The average Bonchev–Trinajstić information content (AvgIpc) is 2.74. The summed E-state index contributed by atoms with van der Waals surface area (Å²) in [6.07, 6.45) is -0.194. The highest BCUT2D eigenvalue weighted by atomic mass is 16.4. The predicted molar refractivity (Wildman–Crippen MR) is 69.7 cm³/mol. The first-order valence-electron chi connectivity index (χ1n) is 6.16. The molecule has 1 aliphatic rings. The van der Waals surface area contributed by atoms with Crippen molar-refractivity contribution in [2.24, 2.45) is 0 Å². The molecule has 0 fully saturated rings. The summed E-state index contributed by atoms with van der Waals surface area (Å²) >= 11 is 0. The number of para-hydroxylation sites is 1. The van der Waals surface area contributed by atoms with E-state index in [-0.39, 0.29) is 6.54 Å². The van der Waals surface area contributed by atoms with Gasteiger partial charge in [-0.2, -0.15) is 5.26 Å². The molecule has 1 aromatic carbocycles. The minimum absolute atomic E-state index is 0.253. The molecule has 0 spiro atoms. The van der Waals surface area contributed by atoms with Gasteiger partial charge in [-0.1, -0.05) is 18.2 Å². The lowest BCUT2D eigenvalue weighted by atomic mass is 10.0. The van der Waals surface area contributed by atoms with Gasteiger partial charge in [0.05, 0.1) is 12.6 Å². The summed E-state index contributed by atoms with van der Waals surface area (Å²) in [5.41, 5.74) is 3.15. The van der Waals surface area contributed by atoms with Crippen LogP contribution in [-0.2, 0) is 19.5 Å². The van der Waals surface area contributed by atoms with Crippen LogP contribution in [0.5, 0.6) is 0 Å². The number of fused-ring (bicyclic) bond motifs is 3. The lowest BCUT2D eigenvalue weighted by Crippen LogP contribution is -2.35. The average molecular weight is 255 g/mol. The molecule has 0 saturated heterocycles. The molecule has 0 atom stereocenters. The van der Waals surface area contributed by atoms with Crippen LogP contribution in [0.4, 0.5) is 4.79 Å². The smallest absolute Gasteiger partial charge is 0.407 e. The van der Waals surface area contributed by atoms with Crippen LogP contribution in [0.15, 0.2) is 24.3 Å². The SMILES string of the molecule is N#CCn1c2c(c3ccccc31)CCN(C(=O)O)C2.